The molecule has 0 spiro atoms. The van der Waals surface area contributed by atoms with E-state index in [9.17, 15) is 4.79 Å². The quantitative estimate of drug-likeness (QED) is 0.554. The third-order valence-electron chi connectivity index (χ3n) is 9.66. The highest BCUT2D eigenvalue weighted by molar-refractivity contribution is 5.79. The summed E-state index contributed by atoms with van der Waals surface area (Å²) in [6.07, 6.45) is 13.9. The summed E-state index contributed by atoms with van der Waals surface area (Å²) in [5.41, 5.74) is 0.927. The number of ketones is 1. The van der Waals surface area contributed by atoms with Crippen molar-refractivity contribution < 1.29 is 4.79 Å². The van der Waals surface area contributed by atoms with Crippen molar-refractivity contribution in [3.63, 3.8) is 0 Å². The standard InChI is InChI=1S/C23H38O/c1-15-10-12-22(3)17(14-15)8-9-18-20-7-5-6-19(16(2)24)23(20,4)13-11-21(18)22/h15,17-21H,5-14H2,1-4H3/t15-,17?,18-,19+,20?,21?,22-,23+/m0/s1. The molecule has 4 saturated carbocycles. The Morgan fingerprint density at radius 1 is 0.875 bits per heavy atom. The molecule has 24 heavy (non-hydrogen) atoms. The summed E-state index contributed by atoms with van der Waals surface area (Å²) >= 11 is 0. The number of rotatable bonds is 1. The van der Waals surface area contributed by atoms with Gasteiger partial charge in [0.2, 0.25) is 0 Å². The first kappa shape index (κ1) is 17.1. The van der Waals surface area contributed by atoms with Crippen LogP contribution in [0, 0.1) is 46.3 Å². The van der Waals surface area contributed by atoms with Crippen molar-refractivity contribution in [2.45, 2.75) is 91.9 Å². The second-order valence-electron chi connectivity index (χ2n) is 10.7. The smallest absolute Gasteiger partial charge is 0.133 e. The highest BCUT2D eigenvalue weighted by Crippen LogP contribution is 2.66. The lowest BCUT2D eigenvalue weighted by molar-refractivity contribution is -0.155. The minimum atomic E-state index is 0.316. The van der Waals surface area contributed by atoms with Crippen LogP contribution in [-0.2, 0) is 4.79 Å². The first-order valence-corrected chi connectivity index (χ1v) is 10.9. The molecule has 136 valence electrons. The van der Waals surface area contributed by atoms with E-state index in [-0.39, 0.29) is 0 Å². The topological polar surface area (TPSA) is 17.1 Å². The van der Waals surface area contributed by atoms with Crippen LogP contribution in [0.1, 0.15) is 91.9 Å². The van der Waals surface area contributed by atoms with E-state index in [0.717, 1.165) is 36.0 Å². The van der Waals surface area contributed by atoms with Crippen LogP contribution in [0.15, 0.2) is 0 Å². The van der Waals surface area contributed by atoms with E-state index in [4.69, 9.17) is 0 Å². The fraction of sp³-hybridized carbons (Fsp3) is 0.957. The molecule has 0 aliphatic heterocycles. The molecule has 0 N–H and O–H groups in total. The molecular formula is C23H38O. The summed E-state index contributed by atoms with van der Waals surface area (Å²) in [5, 5.41) is 0. The summed E-state index contributed by atoms with van der Waals surface area (Å²) in [6, 6.07) is 0. The van der Waals surface area contributed by atoms with Crippen LogP contribution in [0.25, 0.3) is 0 Å². The molecule has 0 aromatic carbocycles. The van der Waals surface area contributed by atoms with Crippen molar-refractivity contribution in [2.75, 3.05) is 0 Å². The maximum absolute atomic E-state index is 12.3. The summed E-state index contributed by atoms with van der Waals surface area (Å²) in [6.45, 7) is 9.50. The molecule has 1 heteroatoms. The Labute approximate surface area is 149 Å². The Morgan fingerprint density at radius 3 is 2.33 bits per heavy atom. The van der Waals surface area contributed by atoms with E-state index in [2.05, 4.69) is 20.8 Å². The van der Waals surface area contributed by atoms with Gasteiger partial charge >= 0.3 is 0 Å². The zero-order valence-corrected chi connectivity index (χ0v) is 16.4. The fourth-order valence-corrected chi connectivity index (χ4v) is 8.34. The van der Waals surface area contributed by atoms with Crippen molar-refractivity contribution in [1.82, 2.24) is 0 Å². The van der Waals surface area contributed by atoms with Gasteiger partial charge in [0, 0.05) is 5.92 Å². The number of hydrogen-bond donors (Lipinski definition) is 0. The van der Waals surface area contributed by atoms with Crippen LogP contribution in [0.4, 0.5) is 0 Å². The van der Waals surface area contributed by atoms with Gasteiger partial charge in [0.15, 0.2) is 0 Å². The minimum absolute atomic E-state index is 0.316. The molecule has 4 aliphatic carbocycles. The van der Waals surface area contributed by atoms with Crippen molar-refractivity contribution in [1.29, 1.82) is 0 Å². The van der Waals surface area contributed by atoms with Crippen LogP contribution in [-0.4, -0.2) is 5.78 Å². The first-order chi connectivity index (χ1) is 11.4. The SMILES string of the molecule is CC(=O)[C@H]1CCCC2[C@@H]3CCC4C[C@@H](C)CC[C@]4(C)C3CC[C@@]21C. The second-order valence-corrected chi connectivity index (χ2v) is 10.7. The summed E-state index contributed by atoms with van der Waals surface area (Å²) in [4.78, 5) is 12.3. The van der Waals surface area contributed by atoms with Crippen LogP contribution < -0.4 is 0 Å². The molecular weight excluding hydrogens is 292 g/mol. The fourth-order valence-electron chi connectivity index (χ4n) is 8.34. The average molecular weight is 331 g/mol. The molecule has 0 amide bonds. The molecule has 3 unspecified atom stereocenters. The zero-order chi connectivity index (χ0) is 17.1. The van der Waals surface area contributed by atoms with Gasteiger partial charge in [-0.05, 0) is 98.7 Å². The summed E-state index contributed by atoms with van der Waals surface area (Å²) < 4.78 is 0. The Bertz CT molecular complexity index is 510. The Kier molecular flexibility index (Phi) is 4.17. The van der Waals surface area contributed by atoms with Gasteiger partial charge in [0.25, 0.3) is 0 Å². The zero-order valence-electron chi connectivity index (χ0n) is 16.4. The van der Waals surface area contributed by atoms with Gasteiger partial charge in [-0.25, -0.2) is 0 Å². The van der Waals surface area contributed by atoms with Gasteiger partial charge in [0.05, 0.1) is 0 Å². The van der Waals surface area contributed by atoms with Crippen LogP contribution in [0.2, 0.25) is 0 Å². The Balaban J connectivity index is 1.63. The first-order valence-electron chi connectivity index (χ1n) is 10.9. The molecule has 4 rings (SSSR count). The molecule has 0 bridgehead atoms. The van der Waals surface area contributed by atoms with Crippen molar-refractivity contribution in [3.05, 3.63) is 0 Å². The highest BCUT2D eigenvalue weighted by atomic mass is 16.1. The largest absolute Gasteiger partial charge is 0.300 e. The van der Waals surface area contributed by atoms with Crippen LogP contribution in [0.3, 0.4) is 0 Å². The van der Waals surface area contributed by atoms with E-state index in [1.807, 2.05) is 6.92 Å². The van der Waals surface area contributed by atoms with Crippen molar-refractivity contribution >= 4 is 5.78 Å². The van der Waals surface area contributed by atoms with Gasteiger partial charge in [-0.15, -0.1) is 0 Å². The molecule has 0 radical (unpaired) electrons. The lowest BCUT2D eigenvalue weighted by atomic mass is 9.41. The van der Waals surface area contributed by atoms with Crippen LogP contribution in [0.5, 0.6) is 0 Å². The number of hydrogen-bond acceptors (Lipinski definition) is 1. The lowest BCUT2D eigenvalue weighted by Crippen LogP contribution is -2.56. The van der Waals surface area contributed by atoms with E-state index in [1.54, 1.807) is 0 Å². The van der Waals surface area contributed by atoms with E-state index >= 15 is 0 Å². The summed E-state index contributed by atoms with van der Waals surface area (Å²) in [7, 11) is 0. The predicted octanol–water partition coefficient (Wildman–Crippen LogP) is 6.26. The normalized spacial score (nSPS) is 54.3. The molecule has 0 aromatic heterocycles. The Morgan fingerprint density at radius 2 is 1.58 bits per heavy atom. The third kappa shape index (κ3) is 2.36. The summed E-state index contributed by atoms with van der Waals surface area (Å²) in [5.74, 6) is 5.47. The molecule has 0 saturated heterocycles. The maximum Gasteiger partial charge on any atom is 0.133 e. The number of fused-ring (bicyclic) bond motifs is 5. The Hall–Kier alpha value is -0.330. The minimum Gasteiger partial charge on any atom is -0.300 e. The number of carbonyl (C=O) groups is 1. The molecule has 0 aromatic rings. The number of Topliss-reactive ketones (excluding diaryl/α,β-unsaturated/α-hetero) is 1. The van der Waals surface area contributed by atoms with Gasteiger partial charge in [-0.2, -0.15) is 0 Å². The predicted molar refractivity (Wildman–Crippen MR) is 99.7 cm³/mol. The molecule has 4 aliphatic rings. The lowest BCUT2D eigenvalue weighted by Gasteiger charge is -2.63. The molecule has 4 fully saturated rings. The third-order valence-corrected chi connectivity index (χ3v) is 9.66. The average Bonchev–Trinajstić information content (AvgIpc) is 2.54. The monoisotopic (exact) mass is 330 g/mol. The van der Waals surface area contributed by atoms with Crippen LogP contribution >= 0.6 is 0 Å². The highest BCUT2D eigenvalue weighted by Gasteiger charge is 2.59. The van der Waals surface area contributed by atoms with E-state index in [0.29, 0.717) is 22.5 Å². The molecule has 1 nitrogen and oxygen atoms in total. The molecule has 8 atom stereocenters. The van der Waals surface area contributed by atoms with Crippen molar-refractivity contribution in [3.8, 4) is 0 Å². The van der Waals surface area contributed by atoms with E-state index in [1.165, 1.54) is 57.8 Å². The van der Waals surface area contributed by atoms with Gasteiger partial charge in [-0.3, -0.25) is 4.79 Å². The molecule has 0 heterocycles. The van der Waals surface area contributed by atoms with Gasteiger partial charge in [-0.1, -0.05) is 33.6 Å². The number of carbonyl (C=O) groups excluding carboxylic acids is 1. The maximum atomic E-state index is 12.3. The van der Waals surface area contributed by atoms with Gasteiger partial charge < -0.3 is 0 Å². The van der Waals surface area contributed by atoms with Gasteiger partial charge in [0.1, 0.15) is 5.78 Å². The van der Waals surface area contributed by atoms with E-state index < -0.39 is 0 Å². The van der Waals surface area contributed by atoms with Crippen molar-refractivity contribution in [2.24, 2.45) is 46.3 Å². The second kappa shape index (κ2) is 5.85.